The van der Waals surface area contributed by atoms with Crippen molar-refractivity contribution in [3.63, 3.8) is 0 Å². The van der Waals surface area contributed by atoms with Crippen molar-refractivity contribution in [2.75, 3.05) is 20.3 Å². The van der Waals surface area contributed by atoms with Crippen molar-refractivity contribution in [2.45, 2.75) is 12.5 Å². The molecule has 0 radical (unpaired) electrons. The predicted octanol–water partition coefficient (Wildman–Crippen LogP) is 1.37. The summed E-state index contributed by atoms with van der Waals surface area (Å²) in [6.07, 6.45) is 0. The van der Waals surface area contributed by atoms with Crippen LogP contribution in [-0.2, 0) is 10.3 Å². The molecule has 1 fully saturated rings. The lowest BCUT2D eigenvalue weighted by atomic mass is 9.95. The second-order valence-electron chi connectivity index (χ2n) is 4.01. The molecule has 3 rings (SSSR count). The van der Waals surface area contributed by atoms with Crippen molar-refractivity contribution in [2.24, 2.45) is 0 Å². The van der Waals surface area contributed by atoms with Crippen LogP contribution in [0.3, 0.4) is 0 Å². The Labute approximate surface area is 86.3 Å². The summed E-state index contributed by atoms with van der Waals surface area (Å²) in [4.78, 5) is 15.0. The zero-order valence-electron chi connectivity index (χ0n) is 8.16. The number of hydrogen-bond donors (Lipinski definition) is 0. The van der Waals surface area contributed by atoms with E-state index in [1.54, 1.807) is 11.3 Å². The Morgan fingerprint density at radius 2 is 2.29 bits per heavy atom. The van der Waals surface area contributed by atoms with E-state index >= 15 is 0 Å². The van der Waals surface area contributed by atoms with Gasteiger partial charge in [0.25, 0.3) is 5.91 Å². The minimum atomic E-state index is -0.120. The van der Waals surface area contributed by atoms with E-state index in [4.69, 9.17) is 4.74 Å². The quantitative estimate of drug-likeness (QED) is 0.646. The van der Waals surface area contributed by atoms with Crippen LogP contribution in [0.5, 0.6) is 0 Å². The van der Waals surface area contributed by atoms with Crippen molar-refractivity contribution in [3.05, 3.63) is 21.4 Å². The van der Waals surface area contributed by atoms with Crippen LogP contribution in [0.4, 0.5) is 0 Å². The van der Waals surface area contributed by atoms with Gasteiger partial charge < -0.3 is 9.64 Å². The number of carbonyl (C=O) groups excluding carboxylic acids is 1. The Kier molecular flexibility index (Phi) is 1.43. The molecule has 2 aliphatic rings. The van der Waals surface area contributed by atoms with E-state index in [9.17, 15) is 4.79 Å². The Morgan fingerprint density at radius 3 is 2.86 bits per heavy atom. The lowest BCUT2D eigenvalue weighted by molar-refractivity contribution is -0.116. The molecule has 0 N–H and O–H groups in total. The van der Waals surface area contributed by atoms with Gasteiger partial charge in [0, 0.05) is 11.9 Å². The number of thiophene rings is 1. The summed E-state index contributed by atoms with van der Waals surface area (Å²) < 4.78 is 5.26. The molecule has 1 saturated heterocycles. The molecule has 4 heteroatoms. The number of rotatable bonds is 0. The van der Waals surface area contributed by atoms with Gasteiger partial charge in [0.2, 0.25) is 0 Å². The summed E-state index contributed by atoms with van der Waals surface area (Å²) >= 11 is 1.69. The van der Waals surface area contributed by atoms with Crippen molar-refractivity contribution >= 4 is 17.2 Å². The third-order valence-corrected chi connectivity index (χ3v) is 4.53. The van der Waals surface area contributed by atoms with Gasteiger partial charge in [-0.25, -0.2) is 0 Å². The molecule has 0 unspecified atom stereocenters. The van der Waals surface area contributed by atoms with E-state index < -0.39 is 0 Å². The fraction of sp³-hybridized carbons (Fsp3) is 0.500. The van der Waals surface area contributed by atoms with Crippen molar-refractivity contribution in [1.82, 2.24) is 4.90 Å². The highest BCUT2D eigenvalue weighted by molar-refractivity contribution is 7.10. The highest BCUT2D eigenvalue weighted by Crippen LogP contribution is 2.47. The molecule has 1 aromatic rings. The highest BCUT2D eigenvalue weighted by Gasteiger charge is 2.54. The number of ether oxygens (including phenoxy) is 1. The van der Waals surface area contributed by atoms with Crippen LogP contribution >= 0.6 is 11.3 Å². The maximum atomic E-state index is 12.0. The second-order valence-corrected chi connectivity index (χ2v) is 4.89. The number of nitrogens with zero attached hydrogens (tertiary/aromatic N) is 1. The average Bonchev–Trinajstić information content (AvgIpc) is 2.53. The highest BCUT2D eigenvalue weighted by atomic mass is 32.1. The van der Waals surface area contributed by atoms with Gasteiger partial charge in [-0.3, -0.25) is 4.79 Å². The maximum Gasteiger partial charge on any atom is 0.256 e. The Morgan fingerprint density at radius 1 is 1.57 bits per heavy atom. The number of fused-ring (bicyclic) bond motifs is 2. The molecule has 0 aliphatic carbocycles. The first-order valence-electron chi connectivity index (χ1n) is 4.61. The van der Waals surface area contributed by atoms with Gasteiger partial charge in [0.05, 0.1) is 18.8 Å². The molecule has 1 amide bonds. The molecule has 14 heavy (non-hydrogen) atoms. The molecule has 0 aromatic carbocycles. The summed E-state index contributed by atoms with van der Waals surface area (Å²) in [6.45, 7) is 3.31. The zero-order chi connectivity index (χ0) is 9.92. The lowest BCUT2D eigenvalue weighted by Crippen LogP contribution is -2.55. The molecule has 3 heterocycles. The molecule has 2 aliphatic heterocycles. The van der Waals surface area contributed by atoms with Crippen molar-refractivity contribution < 1.29 is 9.53 Å². The Bertz CT molecular complexity index is 420. The zero-order valence-corrected chi connectivity index (χ0v) is 8.98. The first-order valence-corrected chi connectivity index (χ1v) is 5.49. The molecule has 74 valence electrons. The minimum absolute atomic E-state index is 0.120. The van der Waals surface area contributed by atoms with E-state index in [2.05, 4.69) is 5.38 Å². The summed E-state index contributed by atoms with van der Waals surface area (Å²) in [5.74, 6) is 0.155. The fourth-order valence-corrected chi connectivity index (χ4v) is 3.44. The fourth-order valence-electron chi connectivity index (χ4n) is 2.19. The summed E-state index contributed by atoms with van der Waals surface area (Å²) in [5.41, 5.74) is 1.90. The number of carbonyl (C=O) groups is 1. The standard InChI is InChI=1S/C10H11NO2S/c1-6-3-14-8-7(6)9(12)11(2)10(8)4-13-5-10/h3H,4-5H2,1-2H3. The van der Waals surface area contributed by atoms with Crippen LogP contribution in [-0.4, -0.2) is 31.1 Å². The first-order chi connectivity index (χ1) is 6.67. The van der Waals surface area contributed by atoms with E-state index in [1.807, 2.05) is 18.9 Å². The largest absolute Gasteiger partial charge is 0.376 e. The van der Waals surface area contributed by atoms with Gasteiger partial charge in [-0.05, 0) is 17.9 Å². The summed E-state index contributed by atoms with van der Waals surface area (Å²) in [7, 11) is 1.87. The van der Waals surface area contributed by atoms with Gasteiger partial charge in [-0.2, -0.15) is 0 Å². The lowest BCUT2D eigenvalue weighted by Gasteiger charge is -2.43. The Hall–Kier alpha value is -0.870. The molecule has 0 bridgehead atoms. The van der Waals surface area contributed by atoms with E-state index in [0.29, 0.717) is 13.2 Å². The molecule has 0 saturated carbocycles. The molecular formula is C10H11NO2S. The molecule has 1 spiro atoms. The van der Waals surface area contributed by atoms with Gasteiger partial charge >= 0.3 is 0 Å². The van der Waals surface area contributed by atoms with E-state index in [0.717, 1.165) is 11.1 Å². The monoisotopic (exact) mass is 209 g/mol. The number of hydrogen-bond acceptors (Lipinski definition) is 3. The van der Waals surface area contributed by atoms with Crippen LogP contribution in [0, 0.1) is 6.92 Å². The van der Waals surface area contributed by atoms with Gasteiger partial charge in [0.15, 0.2) is 0 Å². The van der Waals surface area contributed by atoms with Crippen molar-refractivity contribution in [3.8, 4) is 0 Å². The predicted molar refractivity (Wildman–Crippen MR) is 53.6 cm³/mol. The molecule has 1 aromatic heterocycles. The number of aryl methyl sites for hydroxylation is 1. The van der Waals surface area contributed by atoms with Gasteiger partial charge in [-0.1, -0.05) is 0 Å². The SMILES string of the molecule is Cc1csc2c1C(=O)N(C)C21COC1. The van der Waals surface area contributed by atoms with Crippen LogP contribution in [0.1, 0.15) is 20.8 Å². The van der Waals surface area contributed by atoms with Gasteiger partial charge in [-0.15, -0.1) is 11.3 Å². The first kappa shape index (κ1) is 8.44. The number of amides is 1. The molecule has 0 atom stereocenters. The van der Waals surface area contributed by atoms with E-state index in [-0.39, 0.29) is 11.4 Å². The van der Waals surface area contributed by atoms with Gasteiger partial charge in [0.1, 0.15) is 5.54 Å². The summed E-state index contributed by atoms with van der Waals surface area (Å²) in [5, 5.41) is 2.07. The summed E-state index contributed by atoms with van der Waals surface area (Å²) in [6, 6.07) is 0. The van der Waals surface area contributed by atoms with E-state index in [1.165, 1.54) is 4.88 Å². The second kappa shape index (κ2) is 2.38. The van der Waals surface area contributed by atoms with Crippen LogP contribution in [0.15, 0.2) is 5.38 Å². The number of likely N-dealkylation sites (N-methyl/N-ethyl adjacent to an activating group) is 1. The minimum Gasteiger partial charge on any atom is -0.376 e. The van der Waals surface area contributed by atoms with Crippen LogP contribution in [0.2, 0.25) is 0 Å². The average molecular weight is 209 g/mol. The maximum absolute atomic E-state index is 12.0. The normalized spacial score (nSPS) is 22.7. The van der Waals surface area contributed by atoms with Crippen LogP contribution < -0.4 is 0 Å². The third-order valence-electron chi connectivity index (χ3n) is 3.24. The smallest absolute Gasteiger partial charge is 0.256 e. The van der Waals surface area contributed by atoms with Crippen LogP contribution in [0.25, 0.3) is 0 Å². The van der Waals surface area contributed by atoms with Crippen molar-refractivity contribution in [1.29, 1.82) is 0 Å². The molecule has 3 nitrogen and oxygen atoms in total. The Balaban J connectivity index is 2.23. The third kappa shape index (κ3) is 0.709. The topological polar surface area (TPSA) is 29.5 Å². The molecular weight excluding hydrogens is 198 g/mol.